The van der Waals surface area contributed by atoms with E-state index in [2.05, 4.69) is 13.2 Å². The maximum absolute atomic E-state index is 9.82. The molecule has 1 amide bonds. The van der Waals surface area contributed by atoms with Crippen LogP contribution in [-0.2, 0) is 9.59 Å². The number of hydrogen-bond acceptors (Lipinski definition) is 3. The van der Waals surface area contributed by atoms with Crippen LogP contribution in [0.5, 0.6) is 0 Å². The first-order chi connectivity index (χ1) is 5.29. The summed E-state index contributed by atoms with van der Waals surface area (Å²) >= 11 is 0. The van der Waals surface area contributed by atoms with E-state index in [0.717, 1.165) is 0 Å². The average Bonchev–Trinajstić information content (AvgIpc) is 1.88. The van der Waals surface area contributed by atoms with E-state index in [9.17, 15) is 9.59 Å². The zero-order valence-electron chi connectivity index (χ0n) is 7.96. The monoisotopic (exact) mass is 188 g/mol. The highest BCUT2D eigenvalue weighted by molar-refractivity contribution is 5.90. The van der Waals surface area contributed by atoms with Crippen LogP contribution in [0, 0.1) is 0 Å². The van der Waals surface area contributed by atoms with Gasteiger partial charge >= 0.3 is 5.97 Å². The van der Waals surface area contributed by atoms with Crippen LogP contribution in [0.15, 0.2) is 24.3 Å². The molecule has 0 saturated carbocycles. The smallest absolute Gasteiger partial charge is 0.330 e. The predicted octanol–water partition coefficient (Wildman–Crippen LogP) is 0.857. The number of carboxylic acids is 1. The van der Waals surface area contributed by atoms with E-state index in [0.29, 0.717) is 5.57 Å². The molecule has 0 aromatic carbocycles. The summed E-state index contributed by atoms with van der Waals surface area (Å²) in [6, 6.07) is 0. The summed E-state index contributed by atoms with van der Waals surface area (Å²) in [5.41, 5.74) is 5.27. The second kappa shape index (κ2) is 8.48. The summed E-state index contributed by atoms with van der Waals surface area (Å²) in [6.07, 6.45) is 0. The van der Waals surface area contributed by atoms with Gasteiger partial charge in [0, 0.05) is 11.1 Å². The summed E-state index contributed by atoms with van der Waals surface area (Å²) < 4.78 is 0. The van der Waals surface area contributed by atoms with Crippen molar-refractivity contribution in [3.63, 3.8) is 0 Å². The molecular formula is C8H16N2O3. The summed E-state index contributed by atoms with van der Waals surface area (Å²) in [6.45, 7) is 9.45. The van der Waals surface area contributed by atoms with Gasteiger partial charge in [-0.3, -0.25) is 4.79 Å². The van der Waals surface area contributed by atoms with Crippen molar-refractivity contribution in [1.29, 1.82) is 0 Å². The molecule has 0 saturated heterocycles. The summed E-state index contributed by atoms with van der Waals surface area (Å²) in [5.74, 6) is -1.37. The molecule has 0 aliphatic rings. The fraction of sp³-hybridized carbons (Fsp3) is 0.250. The highest BCUT2D eigenvalue weighted by Crippen LogP contribution is 1.81. The lowest BCUT2D eigenvalue weighted by molar-refractivity contribution is -0.132. The van der Waals surface area contributed by atoms with Crippen molar-refractivity contribution in [3.8, 4) is 0 Å². The number of carboxylic acid groups (broad SMARTS) is 1. The molecule has 0 aliphatic heterocycles. The molecule has 0 atom stereocenters. The van der Waals surface area contributed by atoms with Crippen LogP contribution in [0.1, 0.15) is 13.8 Å². The quantitative estimate of drug-likeness (QED) is 0.557. The SMILES string of the molecule is C=C(C)C(=O)O.C=C(C)C(N)=O.N. The second-order valence-electron chi connectivity index (χ2n) is 2.23. The maximum Gasteiger partial charge on any atom is 0.330 e. The Morgan fingerprint density at radius 2 is 1.31 bits per heavy atom. The number of rotatable bonds is 2. The lowest BCUT2D eigenvalue weighted by atomic mass is 10.3. The minimum absolute atomic E-state index is 0. The van der Waals surface area contributed by atoms with Gasteiger partial charge in [-0.05, 0) is 13.8 Å². The predicted molar refractivity (Wildman–Crippen MR) is 51.5 cm³/mol. The Labute approximate surface area is 77.5 Å². The Bertz CT molecular complexity index is 173. The van der Waals surface area contributed by atoms with Gasteiger partial charge in [-0.1, -0.05) is 13.2 Å². The molecule has 5 heteroatoms. The number of hydrogen-bond donors (Lipinski definition) is 3. The summed E-state index contributed by atoms with van der Waals surface area (Å²) in [4.78, 5) is 19.4. The van der Waals surface area contributed by atoms with E-state index < -0.39 is 11.9 Å². The molecule has 13 heavy (non-hydrogen) atoms. The van der Waals surface area contributed by atoms with Gasteiger partial charge in [0.15, 0.2) is 0 Å². The molecular weight excluding hydrogens is 172 g/mol. The van der Waals surface area contributed by atoms with Gasteiger partial charge in [-0.2, -0.15) is 0 Å². The topological polar surface area (TPSA) is 115 Å². The number of carbonyl (C=O) groups is 2. The first-order valence-electron chi connectivity index (χ1n) is 3.13. The largest absolute Gasteiger partial charge is 0.478 e. The normalized spacial score (nSPS) is 6.92. The molecule has 0 radical (unpaired) electrons. The van der Waals surface area contributed by atoms with E-state index >= 15 is 0 Å². The van der Waals surface area contributed by atoms with Crippen molar-refractivity contribution in [2.75, 3.05) is 0 Å². The van der Waals surface area contributed by atoms with Crippen LogP contribution < -0.4 is 11.9 Å². The first kappa shape index (κ1) is 17.5. The minimum atomic E-state index is -0.935. The Morgan fingerprint density at radius 1 is 1.15 bits per heavy atom. The lowest BCUT2D eigenvalue weighted by Crippen LogP contribution is -2.10. The van der Waals surface area contributed by atoms with Gasteiger partial charge in [0.1, 0.15) is 0 Å². The Hall–Kier alpha value is -1.62. The van der Waals surface area contributed by atoms with E-state index in [4.69, 9.17) is 10.8 Å². The Kier molecular flexibility index (Phi) is 11.4. The number of amides is 1. The summed E-state index contributed by atoms with van der Waals surface area (Å²) in [7, 11) is 0. The number of carbonyl (C=O) groups excluding carboxylic acids is 1. The Balaban J connectivity index is -0.000000143. The van der Waals surface area contributed by atoms with Gasteiger partial charge in [-0.25, -0.2) is 4.79 Å². The van der Waals surface area contributed by atoms with Gasteiger partial charge in [0.25, 0.3) is 0 Å². The lowest BCUT2D eigenvalue weighted by Gasteiger charge is -1.81. The summed E-state index contributed by atoms with van der Waals surface area (Å²) in [5, 5.41) is 7.89. The zero-order valence-corrected chi connectivity index (χ0v) is 7.96. The van der Waals surface area contributed by atoms with Crippen molar-refractivity contribution >= 4 is 11.9 Å². The molecule has 0 fully saturated rings. The third-order valence-electron chi connectivity index (χ3n) is 0.786. The van der Waals surface area contributed by atoms with Crippen LogP contribution in [0.3, 0.4) is 0 Å². The molecule has 76 valence electrons. The third kappa shape index (κ3) is 17.9. The maximum atomic E-state index is 9.82. The first-order valence-corrected chi connectivity index (χ1v) is 3.13. The van der Waals surface area contributed by atoms with Crippen LogP contribution in [0.4, 0.5) is 0 Å². The highest BCUT2D eigenvalue weighted by atomic mass is 16.4. The van der Waals surface area contributed by atoms with E-state index in [1.54, 1.807) is 6.92 Å². The molecule has 0 rings (SSSR count). The van der Waals surface area contributed by atoms with Crippen molar-refractivity contribution in [3.05, 3.63) is 24.3 Å². The van der Waals surface area contributed by atoms with E-state index in [-0.39, 0.29) is 11.7 Å². The molecule has 0 aromatic heterocycles. The second-order valence-corrected chi connectivity index (χ2v) is 2.23. The van der Waals surface area contributed by atoms with Crippen molar-refractivity contribution in [2.24, 2.45) is 5.73 Å². The molecule has 0 spiro atoms. The van der Waals surface area contributed by atoms with E-state index in [1.807, 2.05) is 0 Å². The van der Waals surface area contributed by atoms with Crippen LogP contribution >= 0.6 is 0 Å². The van der Waals surface area contributed by atoms with Crippen molar-refractivity contribution in [2.45, 2.75) is 13.8 Å². The van der Waals surface area contributed by atoms with Crippen LogP contribution in [-0.4, -0.2) is 17.0 Å². The highest BCUT2D eigenvalue weighted by Gasteiger charge is 1.90. The van der Waals surface area contributed by atoms with E-state index in [1.165, 1.54) is 6.92 Å². The molecule has 0 heterocycles. The number of nitrogens with two attached hydrogens (primary N) is 1. The molecule has 0 aromatic rings. The average molecular weight is 188 g/mol. The van der Waals surface area contributed by atoms with Gasteiger partial charge in [-0.15, -0.1) is 0 Å². The van der Waals surface area contributed by atoms with Crippen molar-refractivity contribution < 1.29 is 14.7 Å². The molecule has 5 nitrogen and oxygen atoms in total. The van der Waals surface area contributed by atoms with Gasteiger partial charge in [0.05, 0.1) is 0 Å². The fourth-order valence-corrected chi connectivity index (χ4v) is 0. The molecule has 6 N–H and O–H groups in total. The standard InChI is InChI=1S/C4H7NO.C4H6O2.H3N/c2*1-3(2)4(5)6;/h1H2,2H3,(H2,5,6);1H2,2H3,(H,5,6);1H3. The molecule has 0 unspecified atom stereocenters. The van der Waals surface area contributed by atoms with Gasteiger partial charge < -0.3 is 17.0 Å². The van der Waals surface area contributed by atoms with Crippen molar-refractivity contribution in [1.82, 2.24) is 6.15 Å². The van der Waals surface area contributed by atoms with Crippen LogP contribution in [0.25, 0.3) is 0 Å². The molecule has 0 aliphatic carbocycles. The third-order valence-corrected chi connectivity index (χ3v) is 0.786. The molecule has 0 bridgehead atoms. The van der Waals surface area contributed by atoms with Gasteiger partial charge in [0.2, 0.25) is 5.91 Å². The Morgan fingerprint density at radius 3 is 1.31 bits per heavy atom. The fourth-order valence-electron chi connectivity index (χ4n) is 0. The zero-order chi connectivity index (χ0) is 10.3. The number of primary amides is 1. The number of aliphatic carboxylic acids is 1. The minimum Gasteiger partial charge on any atom is -0.478 e. The van der Waals surface area contributed by atoms with Crippen LogP contribution in [0.2, 0.25) is 0 Å².